The second kappa shape index (κ2) is 19.5. The average molecular weight is 931 g/mol. The predicted molar refractivity (Wildman–Crippen MR) is 259 cm³/mol. The van der Waals surface area contributed by atoms with Crippen LogP contribution in [0.2, 0.25) is 0 Å². The minimum absolute atomic E-state index is 0.0432. The molecular weight excluding hydrogens is 883 g/mol. The number of carbonyl (C=O) groups excluding carboxylic acids is 3. The van der Waals surface area contributed by atoms with Crippen molar-refractivity contribution in [2.24, 2.45) is 5.92 Å². The highest BCUT2D eigenvalue weighted by Gasteiger charge is 2.33. The maximum absolute atomic E-state index is 14.3. The Kier molecular flexibility index (Phi) is 12.8. The zero-order valence-corrected chi connectivity index (χ0v) is 38.1. The summed E-state index contributed by atoms with van der Waals surface area (Å²) in [7, 11) is 0. The molecule has 2 atom stereocenters. The lowest BCUT2D eigenvalue weighted by Crippen LogP contribution is -2.25. The van der Waals surface area contributed by atoms with Gasteiger partial charge in [0.25, 0.3) is 11.8 Å². The third-order valence-electron chi connectivity index (χ3n) is 13.1. The van der Waals surface area contributed by atoms with Gasteiger partial charge >= 0.3 is 0 Å². The molecule has 2 amide bonds. The van der Waals surface area contributed by atoms with E-state index in [1.165, 1.54) is 30.7 Å². The fourth-order valence-electron chi connectivity index (χ4n) is 9.66. The number of nitrogens with zero attached hydrogens (tertiary/aromatic N) is 4. The third kappa shape index (κ3) is 9.33. The van der Waals surface area contributed by atoms with Crippen molar-refractivity contribution < 1.29 is 32.0 Å². The maximum atomic E-state index is 14.3. The number of hydrogen-bond acceptors (Lipinski definition) is 8. The molecule has 2 aliphatic rings. The minimum Gasteiger partial charge on any atom is -0.449 e. The van der Waals surface area contributed by atoms with Crippen LogP contribution in [0.15, 0.2) is 148 Å². The molecule has 14 heteroatoms. The van der Waals surface area contributed by atoms with Gasteiger partial charge in [0.2, 0.25) is 0 Å². The van der Waals surface area contributed by atoms with Gasteiger partial charge in [0, 0.05) is 51.0 Å². The van der Waals surface area contributed by atoms with E-state index in [1.54, 1.807) is 90.9 Å². The summed E-state index contributed by atoms with van der Waals surface area (Å²) in [4.78, 5) is 52.1. The molecule has 2 fully saturated rings. The van der Waals surface area contributed by atoms with Gasteiger partial charge in [-0.25, -0.2) is 18.7 Å². The summed E-state index contributed by atoms with van der Waals surface area (Å²) in [5.74, 6) is -0.887. The molecule has 0 spiro atoms. The second-order valence-corrected chi connectivity index (χ2v) is 18.3. The molecule has 0 radical (unpaired) electrons. The van der Waals surface area contributed by atoms with E-state index in [1.807, 2.05) is 41.4 Å². The number of rotatable bonds is 13. The molecule has 2 N–H and O–H groups in total. The van der Waals surface area contributed by atoms with Gasteiger partial charge in [-0.05, 0) is 141 Å². The van der Waals surface area contributed by atoms with E-state index < -0.39 is 11.8 Å². The SMILES string of the molecule is CSc1cccc(NC(=O)c2ccc(-c3c(-c4ccc(F)cc4)ncn3C3CCCC(C(=O)c4cccc(NC(=O)c5ccc(-c6c(-c7ccc(F)cc7)ncn6C6CCCCC6)o5)c4)C3)o2)c1. The highest BCUT2D eigenvalue weighted by molar-refractivity contribution is 7.98. The van der Waals surface area contributed by atoms with Crippen molar-refractivity contribution in [3.63, 3.8) is 0 Å². The van der Waals surface area contributed by atoms with Crippen LogP contribution >= 0.6 is 11.8 Å². The van der Waals surface area contributed by atoms with Crippen molar-refractivity contribution >= 4 is 40.7 Å². The van der Waals surface area contributed by atoms with Crippen LogP contribution in [-0.2, 0) is 0 Å². The first-order chi connectivity index (χ1) is 33.2. The van der Waals surface area contributed by atoms with Gasteiger partial charge < -0.3 is 28.6 Å². The first-order valence-electron chi connectivity index (χ1n) is 23.0. The van der Waals surface area contributed by atoms with E-state index in [4.69, 9.17) is 18.8 Å². The number of hydrogen-bond donors (Lipinski definition) is 2. The number of ketones is 1. The monoisotopic (exact) mass is 930 g/mol. The van der Waals surface area contributed by atoms with Gasteiger partial charge in [-0.1, -0.05) is 43.9 Å². The minimum atomic E-state index is -0.474. The molecule has 4 heterocycles. The highest BCUT2D eigenvalue weighted by Crippen LogP contribution is 2.42. The number of imidazole rings is 2. The van der Waals surface area contributed by atoms with Crippen LogP contribution < -0.4 is 10.6 Å². The van der Waals surface area contributed by atoms with E-state index in [-0.39, 0.29) is 46.9 Å². The summed E-state index contributed by atoms with van der Waals surface area (Å²) in [5, 5.41) is 5.85. The number of halogens is 2. The number of amides is 2. The molecule has 0 bridgehead atoms. The summed E-state index contributed by atoms with van der Waals surface area (Å²) in [6.45, 7) is 0. The smallest absolute Gasteiger partial charge is 0.291 e. The second-order valence-electron chi connectivity index (χ2n) is 17.4. The number of furan rings is 2. The van der Waals surface area contributed by atoms with Crippen LogP contribution in [0.3, 0.4) is 0 Å². The molecule has 8 aromatic rings. The molecule has 2 saturated carbocycles. The molecule has 2 aliphatic carbocycles. The van der Waals surface area contributed by atoms with E-state index in [0.29, 0.717) is 63.9 Å². The van der Waals surface area contributed by atoms with Crippen LogP contribution in [0.4, 0.5) is 20.2 Å². The number of aromatic nitrogens is 4. The number of carbonyl (C=O) groups is 3. The Hall–Kier alpha value is -7.32. The molecule has 2 unspecified atom stereocenters. The normalized spacial score (nSPS) is 16.4. The van der Waals surface area contributed by atoms with Gasteiger partial charge in [0.05, 0.1) is 24.0 Å². The molecule has 4 aromatic carbocycles. The van der Waals surface area contributed by atoms with Gasteiger partial charge in [0.15, 0.2) is 28.8 Å². The number of Topliss-reactive ketones (excluding diaryl/α,β-unsaturated/α-hetero) is 1. The van der Waals surface area contributed by atoms with Crippen molar-refractivity contribution in [2.75, 3.05) is 16.9 Å². The predicted octanol–water partition coefficient (Wildman–Crippen LogP) is 13.6. The number of thioether (sulfide) groups is 1. The Morgan fingerprint density at radius 1 is 0.603 bits per heavy atom. The lowest BCUT2D eigenvalue weighted by molar-refractivity contribution is 0.0865. The Labute approximate surface area is 396 Å². The summed E-state index contributed by atoms with van der Waals surface area (Å²) in [6.07, 6.45) is 13.6. The first kappa shape index (κ1) is 44.5. The molecule has 11 nitrogen and oxygen atoms in total. The highest BCUT2D eigenvalue weighted by atomic mass is 32.2. The number of nitrogens with one attached hydrogen (secondary N) is 2. The summed E-state index contributed by atoms with van der Waals surface area (Å²) in [5.41, 5.74) is 5.53. The summed E-state index contributed by atoms with van der Waals surface area (Å²) < 4.78 is 44.7. The van der Waals surface area contributed by atoms with E-state index in [9.17, 15) is 23.2 Å². The van der Waals surface area contributed by atoms with Crippen LogP contribution in [0, 0.1) is 17.6 Å². The average Bonchev–Trinajstić information content (AvgIpc) is 4.22. The quantitative estimate of drug-likeness (QED) is 0.0861. The first-order valence-corrected chi connectivity index (χ1v) is 24.2. The summed E-state index contributed by atoms with van der Waals surface area (Å²) >= 11 is 1.57. The Morgan fingerprint density at radius 2 is 1.13 bits per heavy atom. The van der Waals surface area contributed by atoms with Crippen molar-refractivity contribution in [3.8, 4) is 45.4 Å². The largest absolute Gasteiger partial charge is 0.449 e. The van der Waals surface area contributed by atoms with E-state index >= 15 is 0 Å². The van der Waals surface area contributed by atoms with Crippen molar-refractivity contribution in [2.45, 2.75) is 74.8 Å². The third-order valence-corrected chi connectivity index (χ3v) is 13.8. The molecule has 10 rings (SSSR count). The van der Waals surface area contributed by atoms with E-state index in [2.05, 4.69) is 15.2 Å². The summed E-state index contributed by atoms with van der Waals surface area (Å²) in [6, 6.07) is 33.6. The fourth-order valence-corrected chi connectivity index (χ4v) is 10.1. The molecule has 0 aliphatic heterocycles. The Morgan fingerprint density at radius 3 is 1.71 bits per heavy atom. The van der Waals surface area contributed by atoms with Gasteiger partial charge in [-0.2, -0.15) is 0 Å². The fraction of sp³-hybridized carbons (Fsp3) is 0.241. The Bertz CT molecular complexity index is 3110. The standard InChI is InChI=1S/C54H48F2N6O5S/c1-68-43-15-7-11-40(30-43)60-54(65)47-27-25-45(67-47)51-49(34-18-22-38(56)23-19-34)58-32-62(51)42-14-6-9-36(29-42)52(63)35-8-5-10-39(28-35)59-53(64)46-26-24-44(66-46)50-48(33-16-20-37(55)21-17-33)57-31-61(50)41-12-3-2-4-13-41/h5,7-8,10-11,15-28,30-32,36,41-42H,2-4,6,9,12-14,29H2,1H3,(H,59,64)(H,60,65). The molecular formula is C54H48F2N6O5S. The van der Waals surface area contributed by atoms with Crippen LogP contribution in [-0.4, -0.2) is 43.0 Å². The lowest BCUT2D eigenvalue weighted by Gasteiger charge is -2.30. The lowest BCUT2D eigenvalue weighted by atomic mass is 9.81. The van der Waals surface area contributed by atoms with Crippen LogP contribution in [0.5, 0.6) is 0 Å². The molecule has 344 valence electrons. The Balaban J connectivity index is 0.868. The zero-order chi connectivity index (χ0) is 46.7. The van der Waals surface area contributed by atoms with Gasteiger partial charge in [0.1, 0.15) is 23.0 Å². The topological polar surface area (TPSA) is 137 Å². The van der Waals surface area contributed by atoms with Gasteiger partial charge in [-0.15, -0.1) is 11.8 Å². The van der Waals surface area contributed by atoms with Crippen molar-refractivity contribution in [1.29, 1.82) is 0 Å². The van der Waals surface area contributed by atoms with Crippen LogP contribution in [0.1, 0.15) is 101 Å². The van der Waals surface area contributed by atoms with E-state index in [0.717, 1.165) is 54.7 Å². The number of benzene rings is 4. The van der Waals surface area contributed by atoms with Crippen molar-refractivity contribution in [1.82, 2.24) is 19.1 Å². The molecule has 68 heavy (non-hydrogen) atoms. The van der Waals surface area contributed by atoms with Crippen molar-refractivity contribution in [3.05, 3.63) is 163 Å². The number of anilines is 2. The zero-order valence-electron chi connectivity index (χ0n) is 37.3. The molecule has 0 saturated heterocycles. The van der Waals surface area contributed by atoms with Crippen LogP contribution in [0.25, 0.3) is 45.4 Å². The maximum Gasteiger partial charge on any atom is 0.291 e. The molecule has 4 aromatic heterocycles. The van der Waals surface area contributed by atoms with Gasteiger partial charge in [-0.3, -0.25) is 14.4 Å².